The first-order chi connectivity index (χ1) is 14.2. The van der Waals surface area contributed by atoms with Crippen LogP contribution in [0.1, 0.15) is 12.0 Å². The van der Waals surface area contributed by atoms with E-state index in [0.717, 1.165) is 23.4 Å². The monoisotopic (exact) mass is 394 g/mol. The summed E-state index contributed by atoms with van der Waals surface area (Å²) in [6.07, 6.45) is 2.26. The number of halogens is 1. The number of carbonyl (C=O) groups excluding carboxylic acids is 1. The van der Waals surface area contributed by atoms with Gasteiger partial charge in [-0.25, -0.2) is 9.07 Å². The fourth-order valence-corrected chi connectivity index (χ4v) is 3.34. The Morgan fingerprint density at radius 2 is 2.00 bits per heavy atom. The van der Waals surface area contributed by atoms with Crippen molar-refractivity contribution in [2.75, 3.05) is 19.8 Å². The van der Waals surface area contributed by atoms with Crippen molar-refractivity contribution in [1.29, 1.82) is 0 Å². The summed E-state index contributed by atoms with van der Waals surface area (Å²) >= 11 is 0. The summed E-state index contributed by atoms with van der Waals surface area (Å²) in [5.74, 6) is -0.348. The smallest absolute Gasteiger partial charge is 0.221 e. The lowest BCUT2D eigenvalue weighted by Crippen LogP contribution is -2.44. The standard InChI is InChI=1S/C22H23FN4O2/c23-18-8-6-16(7-9-18)22-17(14-27(26-22)20-4-2-1-3-5-20)13-25-21(28)12-19-15-29-11-10-24-19/h1-9,14,19,24H,10-13,15H2,(H,25,28). The first-order valence-corrected chi connectivity index (χ1v) is 9.67. The SMILES string of the molecule is O=C(CC1COCCN1)NCc1cn(-c2ccccc2)nc1-c1ccc(F)cc1. The van der Waals surface area contributed by atoms with E-state index in [0.29, 0.717) is 31.9 Å². The van der Waals surface area contributed by atoms with Gasteiger partial charge in [-0.05, 0) is 36.4 Å². The van der Waals surface area contributed by atoms with Crippen LogP contribution in [0.4, 0.5) is 4.39 Å². The number of hydrogen-bond donors (Lipinski definition) is 2. The fraction of sp³-hybridized carbons (Fsp3) is 0.273. The van der Waals surface area contributed by atoms with Gasteiger partial charge in [0.05, 0.1) is 24.6 Å². The highest BCUT2D eigenvalue weighted by Crippen LogP contribution is 2.24. The highest BCUT2D eigenvalue weighted by atomic mass is 19.1. The van der Waals surface area contributed by atoms with E-state index in [9.17, 15) is 9.18 Å². The molecule has 3 aromatic rings. The maximum absolute atomic E-state index is 13.4. The summed E-state index contributed by atoms with van der Waals surface area (Å²) in [5.41, 5.74) is 3.29. The van der Waals surface area contributed by atoms with Crippen molar-refractivity contribution < 1.29 is 13.9 Å². The number of para-hydroxylation sites is 1. The average molecular weight is 394 g/mol. The number of nitrogens with zero attached hydrogens (tertiary/aromatic N) is 2. The third kappa shape index (κ3) is 4.88. The van der Waals surface area contributed by atoms with Gasteiger partial charge in [0.25, 0.3) is 0 Å². The van der Waals surface area contributed by atoms with Crippen molar-refractivity contribution in [2.24, 2.45) is 0 Å². The van der Waals surface area contributed by atoms with E-state index in [-0.39, 0.29) is 17.8 Å². The minimum Gasteiger partial charge on any atom is -0.378 e. The normalized spacial score (nSPS) is 16.5. The van der Waals surface area contributed by atoms with Gasteiger partial charge in [-0.15, -0.1) is 0 Å². The molecule has 4 rings (SSSR count). The van der Waals surface area contributed by atoms with Crippen LogP contribution in [0.25, 0.3) is 16.9 Å². The largest absolute Gasteiger partial charge is 0.378 e. The molecule has 2 heterocycles. The molecule has 1 amide bonds. The van der Waals surface area contributed by atoms with Crippen LogP contribution >= 0.6 is 0 Å². The second-order valence-corrected chi connectivity index (χ2v) is 7.00. The number of ether oxygens (including phenoxy) is 1. The first kappa shape index (κ1) is 19.3. The molecule has 0 aliphatic carbocycles. The van der Waals surface area contributed by atoms with Gasteiger partial charge in [0, 0.05) is 42.9 Å². The van der Waals surface area contributed by atoms with E-state index in [1.54, 1.807) is 16.8 Å². The van der Waals surface area contributed by atoms with Crippen LogP contribution in [0.2, 0.25) is 0 Å². The van der Waals surface area contributed by atoms with Crippen LogP contribution in [-0.2, 0) is 16.1 Å². The van der Waals surface area contributed by atoms with Gasteiger partial charge in [0.15, 0.2) is 0 Å². The molecule has 0 radical (unpaired) electrons. The minimum absolute atomic E-state index is 0.0346. The molecule has 1 fully saturated rings. The van der Waals surface area contributed by atoms with Crippen molar-refractivity contribution in [1.82, 2.24) is 20.4 Å². The van der Waals surface area contributed by atoms with Crippen LogP contribution in [0.15, 0.2) is 60.8 Å². The van der Waals surface area contributed by atoms with Gasteiger partial charge >= 0.3 is 0 Å². The zero-order valence-electron chi connectivity index (χ0n) is 16.0. The number of aromatic nitrogens is 2. The number of amides is 1. The van der Waals surface area contributed by atoms with Gasteiger partial charge in [-0.1, -0.05) is 18.2 Å². The van der Waals surface area contributed by atoms with E-state index in [1.165, 1.54) is 12.1 Å². The molecule has 0 bridgehead atoms. The number of morpholine rings is 1. The highest BCUT2D eigenvalue weighted by Gasteiger charge is 2.18. The maximum atomic E-state index is 13.4. The molecule has 1 aliphatic heterocycles. The molecular weight excluding hydrogens is 371 g/mol. The van der Waals surface area contributed by atoms with Crippen molar-refractivity contribution in [3.63, 3.8) is 0 Å². The Labute approximate surface area is 168 Å². The fourth-order valence-electron chi connectivity index (χ4n) is 3.34. The molecule has 1 aromatic heterocycles. The van der Waals surface area contributed by atoms with Crippen LogP contribution in [0, 0.1) is 5.82 Å². The number of nitrogens with one attached hydrogen (secondary N) is 2. The van der Waals surface area contributed by atoms with Gasteiger partial charge < -0.3 is 15.4 Å². The lowest BCUT2D eigenvalue weighted by molar-refractivity contribution is -0.122. The Morgan fingerprint density at radius 1 is 1.21 bits per heavy atom. The molecule has 0 saturated carbocycles. The molecular formula is C22H23FN4O2. The van der Waals surface area contributed by atoms with Crippen molar-refractivity contribution in [3.8, 4) is 16.9 Å². The van der Waals surface area contributed by atoms with E-state index in [4.69, 9.17) is 4.74 Å². The number of hydrogen-bond acceptors (Lipinski definition) is 4. The number of benzene rings is 2. The number of rotatable bonds is 6. The first-order valence-electron chi connectivity index (χ1n) is 9.67. The lowest BCUT2D eigenvalue weighted by atomic mass is 10.1. The molecule has 0 spiro atoms. The van der Waals surface area contributed by atoms with Crippen molar-refractivity contribution >= 4 is 5.91 Å². The van der Waals surface area contributed by atoms with Crippen LogP contribution in [0.5, 0.6) is 0 Å². The third-order valence-corrected chi connectivity index (χ3v) is 4.83. The summed E-state index contributed by atoms with van der Waals surface area (Å²) in [5, 5.41) is 10.9. The molecule has 2 N–H and O–H groups in total. The quantitative estimate of drug-likeness (QED) is 0.675. The molecule has 150 valence electrons. The zero-order valence-corrected chi connectivity index (χ0v) is 16.0. The molecule has 1 aliphatic rings. The lowest BCUT2D eigenvalue weighted by Gasteiger charge is -2.23. The zero-order chi connectivity index (χ0) is 20.1. The molecule has 1 saturated heterocycles. The van der Waals surface area contributed by atoms with Crippen LogP contribution < -0.4 is 10.6 Å². The predicted octanol–water partition coefficient (Wildman–Crippen LogP) is 2.67. The summed E-state index contributed by atoms with van der Waals surface area (Å²) in [7, 11) is 0. The predicted molar refractivity (Wildman–Crippen MR) is 108 cm³/mol. The summed E-state index contributed by atoms with van der Waals surface area (Å²) in [6.45, 7) is 2.32. The summed E-state index contributed by atoms with van der Waals surface area (Å²) < 4.78 is 20.5. The van der Waals surface area contributed by atoms with Gasteiger partial charge in [0.1, 0.15) is 5.82 Å². The van der Waals surface area contributed by atoms with E-state index in [2.05, 4.69) is 15.7 Å². The van der Waals surface area contributed by atoms with Crippen molar-refractivity contribution in [2.45, 2.75) is 19.0 Å². The van der Waals surface area contributed by atoms with Crippen LogP contribution in [0.3, 0.4) is 0 Å². The third-order valence-electron chi connectivity index (χ3n) is 4.83. The van der Waals surface area contributed by atoms with E-state index < -0.39 is 0 Å². The van der Waals surface area contributed by atoms with Gasteiger partial charge in [-0.3, -0.25) is 4.79 Å². The Hall–Kier alpha value is -3.03. The Morgan fingerprint density at radius 3 is 2.72 bits per heavy atom. The second kappa shape index (κ2) is 8.98. The van der Waals surface area contributed by atoms with E-state index >= 15 is 0 Å². The molecule has 1 unspecified atom stereocenters. The van der Waals surface area contributed by atoms with Gasteiger partial charge in [0.2, 0.25) is 5.91 Å². The molecule has 29 heavy (non-hydrogen) atoms. The molecule has 1 atom stereocenters. The Kier molecular flexibility index (Phi) is 5.97. The highest BCUT2D eigenvalue weighted by molar-refractivity contribution is 5.77. The average Bonchev–Trinajstić information content (AvgIpc) is 3.18. The van der Waals surface area contributed by atoms with Crippen LogP contribution in [-0.4, -0.2) is 41.5 Å². The van der Waals surface area contributed by atoms with Gasteiger partial charge in [-0.2, -0.15) is 5.10 Å². The molecule has 7 heteroatoms. The summed E-state index contributed by atoms with van der Waals surface area (Å²) in [6, 6.07) is 16.0. The summed E-state index contributed by atoms with van der Waals surface area (Å²) in [4.78, 5) is 12.4. The van der Waals surface area contributed by atoms with Crippen molar-refractivity contribution in [3.05, 3.63) is 72.2 Å². The second-order valence-electron chi connectivity index (χ2n) is 7.00. The molecule has 2 aromatic carbocycles. The topological polar surface area (TPSA) is 68.2 Å². The Bertz CT molecular complexity index is 951. The molecule has 6 nitrogen and oxygen atoms in total. The maximum Gasteiger partial charge on any atom is 0.221 e. The minimum atomic E-state index is -0.298. The van der Waals surface area contributed by atoms with E-state index in [1.807, 2.05) is 36.5 Å². The number of carbonyl (C=O) groups is 1. The Balaban J connectivity index is 1.53.